The first-order valence-electron chi connectivity index (χ1n) is 8.12. The summed E-state index contributed by atoms with van der Waals surface area (Å²) in [6.07, 6.45) is 0. The molecule has 0 saturated heterocycles. The number of carbonyl (C=O) groups is 1. The maximum absolute atomic E-state index is 12.4. The largest absolute Gasteiger partial charge is 0.454 e. The van der Waals surface area contributed by atoms with Crippen LogP contribution in [0.4, 0.5) is 27.5 Å². The predicted molar refractivity (Wildman–Crippen MR) is 102 cm³/mol. The van der Waals surface area contributed by atoms with Gasteiger partial charge in [-0.15, -0.1) is 0 Å². The number of urea groups is 1. The van der Waals surface area contributed by atoms with Gasteiger partial charge in [-0.1, -0.05) is 0 Å². The van der Waals surface area contributed by atoms with Crippen molar-refractivity contribution in [2.24, 2.45) is 0 Å². The van der Waals surface area contributed by atoms with Crippen LogP contribution in [-0.4, -0.2) is 35.3 Å². The van der Waals surface area contributed by atoms with Gasteiger partial charge in [-0.25, -0.2) is 4.79 Å². The van der Waals surface area contributed by atoms with Gasteiger partial charge in [0, 0.05) is 31.5 Å². The zero-order valence-electron chi connectivity index (χ0n) is 14.9. The number of anilines is 4. The van der Waals surface area contributed by atoms with Crippen molar-refractivity contribution >= 4 is 39.0 Å². The van der Waals surface area contributed by atoms with Crippen LogP contribution in [0.1, 0.15) is 5.56 Å². The normalized spacial score (nSPS) is 16.3. The Morgan fingerprint density at radius 2 is 1.67 bits per heavy atom. The molecule has 0 radical (unpaired) electrons. The summed E-state index contributed by atoms with van der Waals surface area (Å²) < 4.78 is 37.4. The Hall–Kier alpha value is -3.14. The van der Waals surface area contributed by atoms with Crippen molar-refractivity contribution in [2.45, 2.75) is 6.92 Å². The van der Waals surface area contributed by atoms with Crippen LogP contribution in [-0.2, 0) is 10.2 Å². The molecule has 0 spiro atoms. The summed E-state index contributed by atoms with van der Waals surface area (Å²) in [5.74, 6) is 1.19. The summed E-state index contributed by atoms with van der Waals surface area (Å²) in [5.41, 5.74) is 2.88. The lowest BCUT2D eigenvalue weighted by atomic mass is 10.1. The van der Waals surface area contributed by atoms with Crippen LogP contribution >= 0.6 is 0 Å². The molecule has 27 heavy (non-hydrogen) atoms. The van der Waals surface area contributed by atoms with E-state index < -0.39 is 16.2 Å². The fraction of sp³-hybridized carbons (Fsp3) is 0.235. The van der Waals surface area contributed by atoms with Crippen molar-refractivity contribution in [1.29, 1.82) is 0 Å². The zero-order chi connectivity index (χ0) is 19.3. The van der Waals surface area contributed by atoms with Crippen LogP contribution in [0.25, 0.3) is 0 Å². The third kappa shape index (κ3) is 2.78. The zero-order valence-corrected chi connectivity index (χ0v) is 15.8. The number of fused-ring (bicyclic) bond motifs is 2. The SMILES string of the molecule is Cc1cc2c(cc1NC(=O)Nc1ccc3c(c1)OCO3)N(C)S(=O)(=O)N2C. The molecule has 2 N–H and O–H groups in total. The number of benzene rings is 2. The molecule has 0 atom stereocenters. The Kier molecular flexibility index (Phi) is 3.81. The van der Waals surface area contributed by atoms with Gasteiger partial charge in [0.25, 0.3) is 0 Å². The minimum Gasteiger partial charge on any atom is -0.454 e. The molecule has 10 heteroatoms. The summed E-state index contributed by atoms with van der Waals surface area (Å²) in [7, 11) is -0.594. The topological polar surface area (TPSA) is 100 Å². The standard InChI is InChI=1S/C17H18N4O5S/c1-10-6-13-14(21(3)27(23,24)20(13)2)8-12(10)19-17(22)18-11-4-5-15-16(7-11)26-9-25-15/h4-8H,9H2,1-3H3,(H2,18,19,22). The van der Waals surface area contributed by atoms with Gasteiger partial charge in [-0.05, 0) is 36.8 Å². The maximum Gasteiger partial charge on any atom is 0.326 e. The van der Waals surface area contributed by atoms with Crippen LogP contribution in [0, 0.1) is 6.92 Å². The van der Waals surface area contributed by atoms with Gasteiger partial charge >= 0.3 is 16.2 Å². The average molecular weight is 390 g/mol. The van der Waals surface area contributed by atoms with Crippen molar-refractivity contribution in [1.82, 2.24) is 0 Å². The molecule has 2 amide bonds. The molecular weight excluding hydrogens is 372 g/mol. The van der Waals surface area contributed by atoms with Gasteiger partial charge in [-0.3, -0.25) is 8.61 Å². The first-order chi connectivity index (χ1) is 12.8. The highest BCUT2D eigenvalue weighted by Crippen LogP contribution is 2.42. The van der Waals surface area contributed by atoms with Crippen molar-refractivity contribution in [3.63, 3.8) is 0 Å². The van der Waals surface area contributed by atoms with Gasteiger partial charge in [0.1, 0.15) is 0 Å². The monoisotopic (exact) mass is 390 g/mol. The molecule has 0 unspecified atom stereocenters. The lowest BCUT2D eigenvalue weighted by Crippen LogP contribution is -2.32. The van der Waals surface area contributed by atoms with E-state index in [0.29, 0.717) is 34.2 Å². The van der Waals surface area contributed by atoms with Crippen molar-refractivity contribution in [3.8, 4) is 11.5 Å². The van der Waals surface area contributed by atoms with Crippen LogP contribution < -0.4 is 28.7 Å². The summed E-state index contributed by atoms with van der Waals surface area (Å²) in [6, 6.07) is 8.02. The highest BCUT2D eigenvalue weighted by molar-refractivity contribution is 7.94. The van der Waals surface area contributed by atoms with E-state index in [1.165, 1.54) is 22.7 Å². The van der Waals surface area contributed by atoms with Crippen LogP contribution in [0.3, 0.4) is 0 Å². The Morgan fingerprint density at radius 3 is 2.41 bits per heavy atom. The minimum absolute atomic E-state index is 0.157. The Morgan fingerprint density at radius 1 is 1.00 bits per heavy atom. The molecule has 2 heterocycles. The molecule has 2 aliphatic rings. The molecule has 0 aromatic heterocycles. The van der Waals surface area contributed by atoms with Crippen molar-refractivity contribution in [2.75, 3.05) is 40.1 Å². The second-order valence-corrected chi connectivity index (χ2v) is 8.24. The van der Waals surface area contributed by atoms with Gasteiger partial charge in [0.2, 0.25) is 6.79 Å². The molecule has 0 saturated carbocycles. The second-order valence-electron chi connectivity index (χ2n) is 6.25. The van der Waals surface area contributed by atoms with Gasteiger partial charge in [-0.2, -0.15) is 8.42 Å². The molecule has 0 aliphatic carbocycles. The molecule has 2 aromatic rings. The third-order valence-corrected chi connectivity index (χ3v) is 6.35. The number of hydrogen-bond donors (Lipinski definition) is 2. The second kappa shape index (κ2) is 5.95. The lowest BCUT2D eigenvalue weighted by Gasteiger charge is -2.13. The predicted octanol–water partition coefficient (Wildman–Crippen LogP) is 2.50. The highest BCUT2D eigenvalue weighted by atomic mass is 32.2. The number of nitrogens with zero attached hydrogens (tertiary/aromatic N) is 2. The average Bonchev–Trinajstić information content (AvgIpc) is 3.14. The summed E-state index contributed by atoms with van der Waals surface area (Å²) in [6.45, 7) is 1.96. The number of carbonyl (C=O) groups excluding carboxylic acids is 1. The highest BCUT2D eigenvalue weighted by Gasteiger charge is 2.36. The van der Waals surface area contributed by atoms with Crippen LogP contribution in [0.5, 0.6) is 11.5 Å². The molecule has 2 aliphatic heterocycles. The van der Waals surface area contributed by atoms with Gasteiger partial charge in [0.15, 0.2) is 11.5 Å². The van der Waals surface area contributed by atoms with Crippen LogP contribution in [0.15, 0.2) is 30.3 Å². The number of amides is 2. The van der Waals surface area contributed by atoms with E-state index in [1.807, 2.05) is 0 Å². The quantitative estimate of drug-likeness (QED) is 0.821. The van der Waals surface area contributed by atoms with Gasteiger partial charge < -0.3 is 20.1 Å². The molecular formula is C17H18N4O5S. The van der Waals surface area contributed by atoms with E-state index in [2.05, 4.69) is 10.6 Å². The maximum atomic E-state index is 12.4. The number of rotatable bonds is 2. The Balaban J connectivity index is 1.55. The third-order valence-electron chi connectivity index (χ3n) is 4.57. The van der Waals surface area contributed by atoms with Crippen molar-refractivity contribution < 1.29 is 22.7 Å². The fourth-order valence-corrected chi connectivity index (χ4v) is 4.17. The Labute approximate surface area is 156 Å². The molecule has 0 bridgehead atoms. The van der Waals surface area contributed by atoms with E-state index in [1.54, 1.807) is 37.3 Å². The smallest absolute Gasteiger partial charge is 0.326 e. The first-order valence-corrected chi connectivity index (χ1v) is 9.52. The van der Waals surface area contributed by atoms with Crippen molar-refractivity contribution in [3.05, 3.63) is 35.9 Å². The van der Waals surface area contributed by atoms with E-state index >= 15 is 0 Å². The minimum atomic E-state index is -3.57. The first kappa shape index (κ1) is 17.3. The van der Waals surface area contributed by atoms with E-state index in [9.17, 15) is 13.2 Å². The summed E-state index contributed by atoms with van der Waals surface area (Å²) >= 11 is 0. The number of aryl methyl sites for hydroxylation is 1. The molecule has 9 nitrogen and oxygen atoms in total. The molecule has 0 fully saturated rings. The number of nitrogens with one attached hydrogen (secondary N) is 2. The molecule has 2 aromatic carbocycles. The van der Waals surface area contributed by atoms with E-state index in [-0.39, 0.29) is 6.79 Å². The number of ether oxygens (including phenoxy) is 2. The van der Waals surface area contributed by atoms with Gasteiger partial charge in [0.05, 0.1) is 11.4 Å². The molecule has 142 valence electrons. The fourth-order valence-electron chi connectivity index (χ4n) is 3.01. The van der Waals surface area contributed by atoms with E-state index in [0.717, 1.165) is 5.56 Å². The summed E-state index contributed by atoms with van der Waals surface area (Å²) in [4.78, 5) is 12.4. The number of hydrogen-bond acceptors (Lipinski definition) is 5. The van der Waals surface area contributed by atoms with Crippen LogP contribution in [0.2, 0.25) is 0 Å². The lowest BCUT2D eigenvalue weighted by molar-refractivity contribution is 0.174. The van der Waals surface area contributed by atoms with E-state index in [4.69, 9.17) is 9.47 Å². The molecule has 4 rings (SSSR count). The Bertz CT molecular complexity index is 1050. The summed E-state index contributed by atoms with van der Waals surface area (Å²) in [5, 5.41) is 5.48.